The highest BCUT2D eigenvalue weighted by Gasteiger charge is 2.30. The molecule has 2 N–H and O–H groups in total. The third kappa shape index (κ3) is 3.46. The quantitative estimate of drug-likeness (QED) is 0.378. The number of carbonyl (C=O) groups excluding carboxylic acids is 1. The molecule has 3 rings (SSSR count). The standard InChI is InChI=1S/C19H14F4N2O/c1-24-16-9-14(20)8-15-12(10-25-18(15)16)5-6-17(26)11-3-2-4-13(7-11)19(21,22)23/h2-10,24-25H,1H3/b6-5+. The maximum absolute atomic E-state index is 13.7. The van der Waals surface area contributed by atoms with Crippen LogP contribution in [0.2, 0.25) is 0 Å². The van der Waals surface area contributed by atoms with Crippen molar-refractivity contribution in [3.8, 4) is 0 Å². The van der Waals surface area contributed by atoms with E-state index in [4.69, 9.17) is 0 Å². The van der Waals surface area contributed by atoms with Crippen LogP contribution in [-0.2, 0) is 6.18 Å². The Bertz CT molecular complexity index is 1000. The van der Waals surface area contributed by atoms with Crippen LogP contribution in [0.1, 0.15) is 21.5 Å². The number of H-pyrrole nitrogens is 1. The molecule has 0 radical (unpaired) electrons. The first-order valence-electron chi connectivity index (χ1n) is 7.67. The fourth-order valence-corrected chi connectivity index (χ4v) is 2.66. The van der Waals surface area contributed by atoms with Crippen molar-refractivity contribution < 1.29 is 22.4 Å². The minimum Gasteiger partial charge on any atom is -0.386 e. The zero-order valence-electron chi connectivity index (χ0n) is 13.6. The molecule has 7 heteroatoms. The molecular formula is C19H14F4N2O. The molecule has 26 heavy (non-hydrogen) atoms. The molecule has 0 spiro atoms. The number of anilines is 1. The van der Waals surface area contributed by atoms with E-state index in [0.29, 0.717) is 22.2 Å². The number of aromatic amines is 1. The molecular weight excluding hydrogens is 348 g/mol. The molecule has 3 aromatic rings. The number of carbonyl (C=O) groups is 1. The van der Waals surface area contributed by atoms with Crippen molar-refractivity contribution in [2.24, 2.45) is 0 Å². The number of hydrogen-bond donors (Lipinski definition) is 2. The normalized spacial score (nSPS) is 12.0. The Morgan fingerprint density at radius 2 is 1.96 bits per heavy atom. The second-order valence-corrected chi connectivity index (χ2v) is 5.65. The van der Waals surface area contributed by atoms with Crippen LogP contribution in [0.25, 0.3) is 17.0 Å². The third-order valence-corrected chi connectivity index (χ3v) is 3.94. The number of ketones is 1. The van der Waals surface area contributed by atoms with Crippen LogP contribution in [0, 0.1) is 5.82 Å². The van der Waals surface area contributed by atoms with Crippen LogP contribution in [-0.4, -0.2) is 17.8 Å². The van der Waals surface area contributed by atoms with Gasteiger partial charge in [0, 0.05) is 29.8 Å². The fraction of sp³-hybridized carbons (Fsp3) is 0.105. The van der Waals surface area contributed by atoms with E-state index in [0.717, 1.165) is 12.1 Å². The Morgan fingerprint density at radius 1 is 1.19 bits per heavy atom. The zero-order chi connectivity index (χ0) is 18.9. The molecule has 0 unspecified atom stereocenters. The Balaban J connectivity index is 1.92. The predicted octanol–water partition coefficient (Wildman–Crippen LogP) is 5.26. The van der Waals surface area contributed by atoms with E-state index < -0.39 is 23.3 Å². The van der Waals surface area contributed by atoms with Crippen LogP contribution >= 0.6 is 0 Å². The average Bonchev–Trinajstić information content (AvgIpc) is 3.01. The van der Waals surface area contributed by atoms with Gasteiger partial charge in [-0.1, -0.05) is 12.1 Å². The topological polar surface area (TPSA) is 44.9 Å². The Kier molecular flexibility index (Phi) is 4.54. The number of benzene rings is 2. The first-order valence-corrected chi connectivity index (χ1v) is 7.67. The lowest BCUT2D eigenvalue weighted by molar-refractivity contribution is -0.137. The van der Waals surface area contributed by atoms with Crippen LogP contribution in [0.4, 0.5) is 23.2 Å². The first-order chi connectivity index (χ1) is 12.3. The van der Waals surface area contributed by atoms with Gasteiger partial charge in [0.2, 0.25) is 0 Å². The first kappa shape index (κ1) is 17.7. The summed E-state index contributed by atoms with van der Waals surface area (Å²) in [7, 11) is 1.65. The number of fused-ring (bicyclic) bond motifs is 1. The summed E-state index contributed by atoms with van der Waals surface area (Å²) in [4.78, 5) is 15.2. The lowest BCUT2D eigenvalue weighted by Crippen LogP contribution is -2.06. The van der Waals surface area contributed by atoms with Crippen LogP contribution in [0.3, 0.4) is 0 Å². The van der Waals surface area contributed by atoms with Gasteiger partial charge in [-0.3, -0.25) is 4.79 Å². The molecule has 0 atom stereocenters. The maximum Gasteiger partial charge on any atom is 0.416 e. The fourth-order valence-electron chi connectivity index (χ4n) is 2.66. The highest BCUT2D eigenvalue weighted by molar-refractivity contribution is 6.08. The van der Waals surface area contributed by atoms with Crippen LogP contribution in [0.15, 0.2) is 48.7 Å². The number of halogens is 4. The van der Waals surface area contributed by atoms with Crippen molar-refractivity contribution in [3.63, 3.8) is 0 Å². The van der Waals surface area contributed by atoms with Crippen molar-refractivity contribution >= 4 is 28.4 Å². The van der Waals surface area contributed by atoms with E-state index in [1.54, 1.807) is 13.2 Å². The molecule has 0 aliphatic carbocycles. The van der Waals surface area contributed by atoms with E-state index in [1.165, 1.54) is 36.4 Å². The number of alkyl halides is 3. The second-order valence-electron chi connectivity index (χ2n) is 5.65. The van der Waals surface area contributed by atoms with E-state index >= 15 is 0 Å². The van der Waals surface area contributed by atoms with Gasteiger partial charge in [0.05, 0.1) is 16.8 Å². The molecule has 3 nitrogen and oxygen atoms in total. The van der Waals surface area contributed by atoms with Gasteiger partial charge in [0.15, 0.2) is 5.78 Å². The average molecular weight is 362 g/mol. The van der Waals surface area contributed by atoms with E-state index in [1.807, 2.05) is 0 Å². The monoisotopic (exact) mass is 362 g/mol. The summed E-state index contributed by atoms with van der Waals surface area (Å²) in [6.45, 7) is 0. The minimum atomic E-state index is -4.52. The number of rotatable bonds is 4. The van der Waals surface area contributed by atoms with E-state index in [-0.39, 0.29) is 5.56 Å². The van der Waals surface area contributed by atoms with Crippen molar-refractivity contribution in [1.82, 2.24) is 4.98 Å². The Labute approximate surface area is 146 Å². The van der Waals surface area contributed by atoms with Crippen LogP contribution < -0.4 is 5.32 Å². The van der Waals surface area contributed by atoms with Gasteiger partial charge in [0.1, 0.15) is 5.82 Å². The van der Waals surface area contributed by atoms with E-state index in [9.17, 15) is 22.4 Å². The summed E-state index contributed by atoms with van der Waals surface area (Å²) in [5.41, 5.74) is 0.822. The number of allylic oxidation sites excluding steroid dienone is 1. The maximum atomic E-state index is 13.7. The van der Waals surface area contributed by atoms with Crippen molar-refractivity contribution in [2.45, 2.75) is 6.18 Å². The van der Waals surface area contributed by atoms with Gasteiger partial charge in [-0.05, 0) is 36.4 Å². The smallest absolute Gasteiger partial charge is 0.386 e. The van der Waals surface area contributed by atoms with Gasteiger partial charge < -0.3 is 10.3 Å². The molecule has 0 aliphatic heterocycles. The van der Waals surface area contributed by atoms with Gasteiger partial charge in [-0.15, -0.1) is 0 Å². The van der Waals surface area contributed by atoms with Gasteiger partial charge in [-0.25, -0.2) is 4.39 Å². The van der Waals surface area contributed by atoms with Gasteiger partial charge in [-0.2, -0.15) is 13.2 Å². The number of aromatic nitrogens is 1. The number of nitrogens with one attached hydrogen (secondary N) is 2. The summed E-state index contributed by atoms with van der Waals surface area (Å²) < 4.78 is 52.0. The molecule has 134 valence electrons. The zero-order valence-corrected chi connectivity index (χ0v) is 13.6. The highest BCUT2D eigenvalue weighted by Crippen LogP contribution is 2.30. The van der Waals surface area contributed by atoms with Gasteiger partial charge >= 0.3 is 6.18 Å². The van der Waals surface area contributed by atoms with Crippen molar-refractivity contribution in [1.29, 1.82) is 0 Å². The predicted molar refractivity (Wildman–Crippen MR) is 92.6 cm³/mol. The van der Waals surface area contributed by atoms with E-state index in [2.05, 4.69) is 10.3 Å². The van der Waals surface area contributed by atoms with Crippen LogP contribution in [0.5, 0.6) is 0 Å². The molecule has 0 saturated carbocycles. The Hall–Kier alpha value is -3.09. The highest BCUT2D eigenvalue weighted by atomic mass is 19.4. The molecule has 0 saturated heterocycles. The van der Waals surface area contributed by atoms with Crippen molar-refractivity contribution in [3.05, 3.63) is 71.2 Å². The summed E-state index contributed by atoms with van der Waals surface area (Å²) in [5, 5.41) is 3.42. The lowest BCUT2D eigenvalue weighted by Gasteiger charge is -2.07. The molecule has 0 bridgehead atoms. The second kappa shape index (κ2) is 6.67. The molecule has 0 amide bonds. The SMILES string of the molecule is CNc1cc(F)cc2c(/C=C/C(=O)c3cccc(C(F)(F)F)c3)c[nH]c12. The summed E-state index contributed by atoms with van der Waals surface area (Å²) in [6.07, 6.45) is -0.304. The summed E-state index contributed by atoms with van der Waals surface area (Å²) >= 11 is 0. The molecule has 1 aromatic heterocycles. The van der Waals surface area contributed by atoms with Gasteiger partial charge in [0.25, 0.3) is 0 Å². The molecule has 0 aliphatic rings. The largest absolute Gasteiger partial charge is 0.416 e. The Morgan fingerprint density at radius 3 is 2.65 bits per heavy atom. The molecule has 2 aromatic carbocycles. The minimum absolute atomic E-state index is 0.0713. The number of hydrogen-bond acceptors (Lipinski definition) is 2. The molecule has 1 heterocycles. The van der Waals surface area contributed by atoms with Crippen molar-refractivity contribution in [2.75, 3.05) is 12.4 Å². The summed E-state index contributed by atoms with van der Waals surface area (Å²) in [6, 6.07) is 6.87. The summed E-state index contributed by atoms with van der Waals surface area (Å²) in [5.74, 6) is -1.02. The molecule has 0 fully saturated rings. The third-order valence-electron chi connectivity index (χ3n) is 3.94. The lowest BCUT2D eigenvalue weighted by atomic mass is 10.1.